The highest BCUT2D eigenvalue weighted by molar-refractivity contribution is 5.85. The minimum absolute atomic E-state index is 0.582. The average Bonchev–Trinajstić information content (AvgIpc) is 3.61. The summed E-state index contributed by atoms with van der Waals surface area (Å²) in [6.45, 7) is 0. The molecule has 0 aliphatic rings. The van der Waals surface area contributed by atoms with Gasteiger partial charge in [0.05, 0.1) is 0 Å². The molecule has 0 fully saturated rings. The van der Waals surface area contributed by atoms with Gasteiger partial charge in [-0.3, -0.25) is 5.10 Å². The molecule has 6 rings (SSSR count). The number of aromatic nitrogens is 4. The largest absolute Gasteiger partial charge is 0.435 e. The van der Waals surface area contributed by atoms with Gasteiger partial charge in [-0.1, -0.05) is 97.1 Å². The molecule has 0 atom stereocenters. The highest BCUT2D eigenvalue weighted by atomic mass is 16.4. The molecule has 34 heavy (non-hydrogen) atoms. The molecule has 0 saturated heterocycles. The topological polar surface area (TPSA) is 67.6 Å². The van der Waals surface area contributed by atoms with Gasteiger partial charge < -0.3 is 4.42 Å². The summed E-state index contributed by atoms with van der Waals surface area (Å²) in [6, 6.07) is 36.6. The van der Waals surface area contributed by atoms with Gasteiger partial charge in [0.15, 0.2) is 11.6 Å². The summed E-state index contributed by atoms with van der Waals surface area (Å²) in [5, 5.41) is 6.91. The summed E-state index contributed by atoms with van der Waals surface area (Å²) in [4.78, 5) is 9.28. The van der Waals surface area contributed by atoms with Crippen molar-refractivity contribution < 1.29 is 4.42 Å². The molecule has 0 spiro atoms. The van der Waals surface area contributed by atoms with Gasteiger partial charge in [0.25, 0.3) is 0 Å². The van der Waals surface area contributed by atoms with E-state index in [-0.39, 0.29) is 0 Å². The van der Waals surface area contributed by atoms with E-state index in [0.29, 0.717) is 5.89 Å². The molecule has 0 amide bonds. The molecule has 4 aromatic carbocycles. The molecule has 0 unspecified atom stereocenters. The van der Waals surface area contributed by atoms with E-state index in [9.17, 15) is 0 Å². The van der Waals surface area contributed by atoms with Crippen molar-refractivity contribution in [3.05, 3.63) is 116 Å². The minimum atomic E-state index is 0.582. The fourth-order valence-corrected chi connectivity index (χ4v) is 4.11. The van der Waals surface area contributed by atoms with Crippen molar-refractivity contribution in [2.45, 2.75) is 0 Å². The van der Waals surface area contributed by atoms with Crippen LogP contribution in [0.3, 0.4) is 0 Å². The van der Waals surface area contributed by atoms with Crippen molar-refractivity contribution in [1.82, 2.24) is 20.2 Å². The summed E-state index contributed by atoms with van der Waals surface area (Å²) >= 11 is 0. The van der Waals surface area contributed by atoms with Crippen LogP contribution in [0.15, 0.2) is 120 Å². The lowest BCUT2D eigenvalue weighted by atomic mass is 9.98. The van der Waals surface area contributed by atoms with Crippen LogP contribution in [-0.4, -0.2) is 20.2 Å². The fraction of sp³-hybridized carbons (Fsp3) is 0. The standard InChI is InChI=1S/C29H20N4O/c1-3-10-20(11-4-1)26-27(21-12-5-2-6-13-21)34-29(32-26)25-17-8-7-16-24(25)22-14-9-15-23(18-22)28-30-19-31-33-28/h1-19H,(H,30,31,33). The maximum absolute atomic E-state index is 6.47. The van der Waals surface area contributed by atoms with Crippen LogP contribution in [0.1, 0.15) is 0 Å². The minimum Gasteiger partial charge on any atom is -0.435 e. The number of hydrogen-bond donors (Lipinski definition) is 1. The summed E-state index contributed by atoms with van der Waals surface area (Å²) in [6.07, 6.45) is 1.51. The number of hydrogen-bond acceptors (Lipinski definition) is 4. The van der Waals surface area contributed by atoms with E-state index in [0.717, 1.165) is 50.7 Å². The lowest BCUT2D eigenvalue weighted by Gasteiger charge is -2.08. The smallest absolute Gasteiger partial charge is 0.227 e. The molecule has 0 aliphatic heterocycles. The Labute approximate surface area is 196 Å². The molecule has 0 saturated carbocycles. The van der Waals surface area contributed by atoms with E-state index in [4.69, 9.17) is 9.40 Å². The molecular formula is C29H20N4O. The summed E-state index contributed by atoms with van der Waals surface area (Å²) < 4.78 is 6.47. The molecule has 2 heterocycles. The van der Waals surface area contributed by atoms with Crippen LogP contribution in [-0.2, 0) is 0 Å². The number of rotatable bonds is 5. The second-order valence-corrected chi connectivity index (χ2v) is 7.89. The van der Waals surface area contributed by atoms with E-state index >= 15 is 0 Å². The van der Waals surface area contributed by atoms with Crippen LogP contribution in [0.4, 0.5) is 0 Å². The molecule has 1 N–H and O–H groups in total. The van der Waals surface area contributed by atoms with Crippen LogP contribution >= 0.6 is 0 Å². The van der Waals surface area contributed by atoms with Gasteiger partial charge in [-0.05, 0) is 23.3 Å². The van der Waals surface area contributed by atoms with E-state index in [1.165, 1.54) is 6.33 Å². The molecule has 6 aromatic rings. The maximum atomic E-state index is 6.47. The Kier molecular flexibility index (Phi) is 5.05. The lowest BCUT2D eigenvalue weighted by Crippen LogP contribution is -1.87. The van der Waals surface area contributed by atoms with Crippen molar-refractivity contribution in [2.24, 2.45) is 0 Å². The molecule has 2 aromatic heterocycles. The first kappa shape index (κ1) is 19.9. The van der Waals surface area contributed by atoms with Crippen LogP contribution in [0, 0.1) is 0 Å². The number of oxazole rings is 1. The number of aromatic amines is 1. The van der Waals surface area contributed by atoms with Gasteiger partial charge in [-0.2, -0.15) is 5.10 Å². The molecule has 5 nitrogen and oxygen atoms in total. The van der Waals surface area contributed by atoms with Crippen molar-refractivity contribution in [1.29, 1.82) is 0 Å². The third-order valence-corrected chi connectivity index (χ3v) is 5.73. The first-order valence-electron chi connectivity index (χ1n) is 11.0. The van der Waals surface area contributed by atoms with Gasteiger partial charge in [0, 0.05) is 22.3 Å². The van der Waals surface area contributed by atoms with E-state index in [1.54, 1.807) is 0 Å². The SMILES string of the molecule is c1ccc(-c2nc(-c3ccccc3-c3cccc(-c4ncn[nH]4)c3)oc2-c2ccccc2)cc1. The zero-order valence-electron chi connectivity index (χ0n) is 18.2. The zero-order valence-corrected chi connectivity index (χ0v) is 18.2. The Morgan fingerprint density at radius 3 is 1.97 bits per heavy atom. The molecule has 0 bridgehead atoms. The van der Waals surface area contributed by atoms with Gasteiger partial charge in [0.2, 0.25) is 5.89 Å². The number of nitrogens with zero attached hydrogens (tertiary/aromatic N) is 3. The van der Waals surface area contributed by atoms with Gasteiger partial charge in [-0.15, -0.1) is 0 Å². The normalized spacial score (nSPS) is 10.9. The van der Waals surface area contributed by atoms with Crippen LogP contribution in [0.2, 0.25) is 0 Å². The summed E-state index contributed by atoms with van der Waals surface area (Å²) in [5.74, 6) is 2.07. The lowest BCUT2D eigenvalue weighted by molar-refractivity contribution is 0.589. The van der Waals surface area contributed by atoms with Crippen LogP contribution in [0.5, 0.6) is 0 Å². The molecule has 0 radical (unpaired) electrons. The molecule has 162 valence electrons. The molecule has 0 aliphatic carbocycles. The highest BCUT2D eigenvalue weighted by Gasteiger charge is 2.20. The van der Waals surface area contributed by atoms with Gasteiger partial charge in [0.1, 0.15) is 12.0 Å². The Hall–Kier alpha value is -4.77. The van der Waals surface area contributed by atoms with Gasteiger partial charge in [-0.25, -0.2) is 9.97 Å². The Morgan fingerprint density at radius 2 is 1.24 bits per heavy atom. The monoisotopic (exact) mass is 440 g/mol. The van der Waals surface area contributed by atoms with Crippen molar-refractivity contribution in [2.75, 3.05) is 0 Å². The Bertz CT molecular complexity index is 1480. The average molecular weight is 441 g/mol. The second kappa shape index (κ2) is 8.64. The number of benzene rings is 4. The third-order valence-electron chi connectivity index (χ3n) is 5.73. The van der Waals surface area contributed by atoms with Crippen molar-refractivity contribution in [3.63, 3.8) is 0 Å². The van der Waals surface area contributed by atoms with Gasteiger partial charge >= 0.3 is 0 Å². The maximum Gasteiger partial charge on any atom is 0.227 e. The van der Waals surface area contributed by atoms with Crippen molar-refractivity contribution in [3.8, 4) is 56.6 Å². The Morgan fingerprint density at radius 1 is 0.588 bits per heavy atom. The summed E-state index contributed by atoms with van der Waals surface area (Å²) in [7, 11) is 0. The predicted molar refractivity (Wildman–Crippen MR) is 134 cm³/mol. The molecule has 5 heteroatoms. The number of nitrogens with one attached hydrogen (secondary N) is 1. The second-order valence-electron chi connectivity index (χ2n) is 7.89. The highest BCUT2D eigenvalue weighted by Crippen LogP contribution is 2.39. The predicted octanol–water partition coefficient (Wildman–Crippen LogP) is 7.13. The third kappa shape index (κ3) is 3.69. The Balaban J connectivity index is 1.51. The van der Waals surface area contributed by atoms with Crippen molar-refractivity contribution >= 4 is 0 Å². The first-order valence-corrected chi connectivity index (χ1v) is 11.0. The fourth-order valence-electron chi connectivity index (χ4n) is 4.11. The van der Waals surface area contributed by atoms with Crippen LogP contribution < -0.4 is 0 Å². The van der Waals surface area contributed by atoms with E-state index in [1.807, 2.05) is 78.9 Å². The van der Waals surface area contributed by atoms with Crippen LogP contribution in [0.25, 0.3) is 56.6 Å². The van der Waals surface area contributed by atoms with E-state index in [2.05, 4.69) is 45.5 Å². The quantitative estimate of drug-likeness (QED) is 0.310. The van der Waals surface area contributed by atoms with E-state index < -0.39 is 0 Å². The number of H-pyrrole nitrogens is 1. The zero-order chi connectivity index (χ0) is 22.7. The summed E-state index contributed by atoms with van der Waals surface area (Å²) in [5.41, 5.74) is 6.80. The first-order chi connectivity index (χ1) is 16.9. The molecular weight excluding hydrogens is 420 g/mol.